The minimum absolute atomic E-state index is 0.0427. The Morgan fingerprint density at radius 3 is 2.84 bits per heavy atom. The van der Waals surface area contributed by atoms with Crippen LogP contribution in [0.4, 0.5) is 5.82 Å². The average Bonchev–Trinajstić information content (AvgIpc) is 3.23. The fourth-order valence-corrected chi connectivity index (χ4v) is 3.24. The van der Waals surface area contributed by atoms with Gasteiger partial charge in [-0.2, -0.15) is 5.26 Å². The van der Waals surface area contributed by atoms with Crippen LogP contribution in [0.15, 0.2) is 55.5 Å². The second-order valence-corrected chi connectivity index (χ2v) is 6.38. The van der Waals surface area contributed by atoms with Crippen LogP contribution in [-0.4, -0.2) is 33.4 Å². The Morgan fingerprint density at radius 1 is 1.44 bits per heavy atom. The molecular formula is C19H21N5O. The summed E-state index contributed by atoms with van der Waals surface area (Å²) in [5.41, 5.74) is 1.10. The molecule has 1 N–H and O–H groups in total. The molecule has 25 heavy (non-hydrogen) atoms. The first-order valence-corrected chi connectivity index (χ1v) is 8.29. The summed E-state index contributed by atoms with van der Waals surface area (Å²) in [4.78, 5) is 18.4. The summed E-state index contributed by atoms with van der Waals surface area (Å²) in [5.74, 6) is 0.363. The smallest absolute Gasteiger partial charge is 0.230 e. The summed E-state index contributed by atoms with van der Waals surface area (Å²) < 4.78 is 1.91. The first-order valence-electron chi connectivity index (χ1n) is 8.29. The van der Waals surface area contributed by atoms with Gasteiger partial charge in [-0.3, -0.25) is 4.79 Å². The van der Waals surface area contributed by atoms with Crippen LogP contribution in [0.5, 0.6) is 0 Å². The minimum Gasteiger partial charge on any atom is -0.324 e. The number of anilines is 1. The highest BCUT2D eigenvalue weighted by Crippen LogP contribution is 2.24. The van der Waals surface area contributed by atoms with Gasteiger partial charge in [-0.25, -0.2) is 4.98 Å². The summed E-state index contributed by atoms with van der Waals surface area (Å²) in [7, 11) is 0. The number of hydrogen-bond donors (Lipinski definition) is 1. The molecule has 3 rings (SSSR count). The largest absolute Gasteiger partial charge is 0.324 e. The molecule has 1 fully saturated rings. The zero-order chi connectivity index (χ0) is 17.8. The van der Waals surface area contributed by atoms with Crippen molar-refractivity contribution in [2.45, 2.75) is 13.0 Å². The number of benzene rings is 1. The van der Waals surface area contributed by atoms with Crippen molar-refractivity contribution < 1.29 is 4.79 Å². The second kappa shape index (κ2) is 7.22. The van der Waals surface area contributed by atoms with Crippen molar-refractivity contribution in [2.75, 3.05) is 18.4 Å². The van der Waals surface area contributed by atoms with Crippen LogP contribution in [0.1, 0.15) is 18.5 Å². The Kier molecular flexibility index (Phi) is 4.85. The van der Waals surface area contributed by atoms with Crippen molar-refractivity contribution in [1.82, 2.24) is 14.5 Å². The third-order valence-corrected chi connectivity index (χ3v) is 4.63. The van der Waals surface area contributed by atoms with Crippen LogP contribution < -0.4 is 5.32 Å². The summed E-state index contributed by atoms with van der Waals surface area (Å²) in [6, 6.07) is 9.94. The Hall–Kier alpha value is -3.07. The lowest BCUT2D eigenvalue weighted by atomic mass is 9.97. The SMILES string of the molecule is C=C[C@@H](c1ccccc1)n1cnc(NC(=O)[C@@H]2CN(C#N)C[C@H]2C)c1. The lowest BCUT2D eigenvalue weighted by molar-refractivity contribution is -0.120. The summed E-state index contributed by atoms with van der Waals surface area (Å²) in [5, 5.41) is 11.9. The van der Waals surface area contributed by atoms with E-state index in [-0.39, 0.29) is 23.8 Å². The lowest BCUT2D eigenvalue weighted by Crippen LogP contribution is -2.28. The Morgan fingerprint density at radius 2 is 2.20 bits per heavy atom. The maximum atomic E-state index is 12.5. The van der Waals surface area contributed by atoms with Gasteiger partial charge >= 0.3 is 0 Å². The van der Waals surface area contributed by atoms with Gasteiger partial charge in [-0.05, 0) is 11.5 Å². The van der Waals surface area contributed by atoms with Crippen molar-refractivity contribution in [2.24, 2.45) is 11.8 Å². The number of hydrogen-bond acceptors (Lipinski definition) is 4. The molecule has 6 nitrogen and oxygen atoms in total. The molecule has 1 aromatic carbocycles. The molecule has 2 aromatic rings. The van der Waals surface area contributed by atoms with Crippen molar-refractivity contribution in [3.8, 4) is 6.19 Å². The molecule has 1 amide bonds. The third kappa shape index (κ3) is 3.56. The molecule has 1 aromatic heterocycles. The molecule has 1 aliphatic rings. The minimum atomic E-state index is -0.200. The van der Waals surface area contributed by atoms with Crippen LogP contribution >= 0.6 is 0 Å². The molecule has 1 aliphatic heterocycles. The molecule has 0 radical (unpaired) electrons. The number of amides is 1. The van der Waals surface area contributed by atoms with E-state index in [0.717, 1.165) is 5.56 Å². The predicted molar refractivity (Wildman–Crippen MR) is 95.5 cm³/mol. The van der Waals surface area contributed by atoms with Gasteiger partial charge in [-0.1, -0.05) is 43.3 Å². The Labute approximate surface area is 147 Å². The molecule has 2 heterocycles. The fourth-order valence-electron chi connectivity index (χ4n) is 3.24. The molecular weight excluding hydrogens is 314 g/mol. The number of carbonyl (C=O) groups is 1. The van der Waals surface area contributed by atoms with Gasteiger partial charge in [0, 0.05) is 19.3 Å². The van der Waals surface area contributed by atoms with Gasteiger partial charge in [-0.15, -0.1) is 6.58 Å². The summed E-state index contributed by atoms with van der Waals surface area (Å²) in [6.45, 7) is 6.97. The molecule has 3 atom stereocenters. The highest BCUT2D eigenvalue weighted by molar-refractivity contribution is 5.92. The number of nitriles is 1. The van der Waals surface area contributed by atoms with Gasteiger partial charge in [0.15, 0.2) is 12.0 Å². The van der Waals surface area contributed by atoms with Gasteiger partial charge in [0.1, 0.15) is 0 Å². The summed E-state index contributed by atoms with van der Waals surface area (Å²) >= 11 is 0. The van der Waals surface area contributed by atoms with E-state index in [0.29, 0.717) is 18.9 Å². The van der Waals surface area contributed by atoms with Crippen LogP contribution in [0.2, 0.25) is 0 Å². The van der Waals surface area contributed by atoms with Crippen molar-refractivity contribution in [3.63, 3.8) is 0 Å². The van der Waals surface area contributed by atoms with E-state index in [1.165, 1.54) is 0 Å². The van der Waals surface area contributed by atoms with E-state index in [1.807, 2.05) is 47.9 Å². The standard InChI is InChI=1S/C19H21N5O/c1-3-17(15-7-5-4-6-8-15)24-11-18(21-13-24)22-19(25)16-10-23(12-20)9-14(16)2/h3-8,11,13-14,16-17H,1,9-10H2,2H3,(H,22,25)/t14-,16-,17+/m1/s1. The number of nitrogens with zero attached hydrogens (tertiary/aromatic N) is 4. The second-order valence-electron chi connectivity index (χ2n) is 6.38. The van der Waals surface area contributed by atoms with E-state index in [1.54, 1.807) is 17.4 Å². The van der Waals surface area contributed by atoms with Crippen molar-refractivity contribution >= 4 is 11.7 Å². The maximum Gasteiger partial charge on any atom is 0.230 e. The number of likely N-dealkylation sites (tertiary alicyclic amines) is 1. The predicted octanol–water partition coefficient (Wildman–Crippen LogP) is 2.65. The van der Waals surface area contributed by atoms with Crippen molar-refractivity contribution in [3.05, 3.63) is 61.1 Å². The molecule has 0 saturated carbocycles. The highest BCUT2D eigenvalue weighted by atomic mass is 16.2. The molecule has 0 spiro atoms. The normalized spacial score (nSPS) is 20.7. The van der Waals surface area contributed by atoms with Gasteiger partial charge in [0.05, 0.1) is 18.3 Å². The first-order chi connectivity index (χ1) is 12.1. The molecule has 1 saturated heterocycles. The Bertz CT molecular complexity index is 792. The van der Waals surface area contributed by atoms with Crippen LogP contribution in [0, 0.1) is 23.3 Å². The molecule has 128 valence electrons. The topological polar surface area (TPSA) is 74.0 Å². The number of aromatic nitrogens is 2. The van der Waals surface area contributed by atoms with Crippen LogP contribution in [0.3, 0.4) is 0 Å². The van der Waals surface area contributed by atoms with Gasteiger partial charge < -0.3 is 14.8 Å². The quantitative estimate of drug-likeness (QED) is 0.673. The molecule has 6 heteroatoms. The molecule has 0 unspecified atom stereocenters. The monoisotopic (exact) mass is 335 g/mol. The zero-order valence-electron chi connectivity index (χ0n) is 14.2. The van der Waals surface area contributed by atoms with E-state index in [2.05, 4.69) is 23.1 Å². The maximum absolute atomic E-state index is 12.5. The first kappa shape index (κ1) is 16.8. The molecule has 0 aliphatic carbocycles. The average molecular weight is 335 g/mol. The van der Waals surface area contributed by atoms with E-state index < -0.39 is 0 Å². The van der Waals surface area contributed by atoms with Gasteiger partial charge in [0.25, 0.3) is 0 Å². The fraction of sp³-hybridized carbons (Fsp3) is 0.316. The van der Waals surface area contributed by atoms with E-state index in [9.17, 15) is 4.79 Å². The van der Waals surface area contributed by atoms with E-state index >= 15 is 0 Å². The number of nitrogens with one attached hydrogen (secondary N) is 1. The third-order valence-electron chi connectivity index (χ3n) is 4.63. The molecule has 0 bridgehead atoms. The number of rotatable bonds is 5. The van der Waals surface area contributed by atoms with Gasteiger partial charge in [0.2, 0.25) is 5.91 Å². The summed E-state index contributed by atoms with van der Waals surface area (Å²) in [6.07, 6.45) is 7.44. The Balaban J connectivity index is 1.70. The zero-order valence-corrected chi connectivity index (χ0v) is 14.2. The highest BCUT2D eigenvalue weighted by Gasteiger charge is 2.34. The number of imidazole rings is 1. The van der Waals surface area contributed by atoms with Crippen LogP contribution in [-0.2, 0) is 4.79 Å². The number of carbonyl (C=O) groups excluding carboxylic acids is 1. The van der Waals surface area contributed by atoms with E-state index in [4.69, 9.17) is 5.26 Å². The number of allylic oxidation sites excluding steroid dienone is 1. The van der Waals surface area contributed by atoms with Crippen molar-refractivity contribution in [1.29, 1.82) is 5.26 Å². The van der Waals surface area contributed by atoms with Crippen LogP contribution in [0.25, 0.3) is 0 Å². The lowest BCUT2D eigenvalue weighted by Gasteiger charge is -2.14.